The SMILES string of the molecule is CC1=CC(C)=C(S(=O)(=O)O)C(CN=[N+]=[N-])C1. The number of nitrogens with zero attached hydrogens (tertiary/aromatic N) is 3. The van der Waals surface area contributed by atoms with Crippen LogP contribution in [0.1, 0.15) is 20.3 Å². The number of azide groups is 1. The molecule has 1 unspecified atom stereocenters. The highest BCUT2D eigenvalue weighted by atomic mass is 32.2. The van der Waals surface area contributed by atoms with E-state index in [0.717, 1.165) is 5.57 Å². The Kier molecular flexibility index (Phi) is 3.74. The normalized spacial score (nSPS) is 21.4. The van der Waals surface area contributed by atoms with Crippen LogP contribution in [0.4, 0.5) is 0 Å². The third-order valence-electron chi connectivity index (χ3n) is 2.43. The maximum absolute atomic E-state index is 11.2. The number of allylic oxidation sites excluding steroid dienone is 3. The number of hydrogen-bond acceptors (Lipinski definition) is 3. The summed E-state index contributed by atoms with van der Waals surface area (Å²) < 4.78 is 31.5. The van der Waals surface area contributed by atoms with Crippen molar-refractivity contribution in [3.63, 3.8) is 0 Å². The van der Waals surface area contributed by atoms with Crippen molar-refractivity contribution < 1.29 is 13.0 Å². The van der Waals surface area contributed by atoms with Crippen molar-refractivity contribution in [3.05, 3.63) is 32.6 Å². The molecule has 1 aliphatic rings. The fraction of sp³-hybridized carbons (Fsp3) is 0.556. The van der Waals surface area contributed by atoms with Crippen molar-refractivity contribution in [2.75, 3.05) is 6.54 Å². The molecule has 88 valence electrons. The summed E-state index contributed by atoms with van der Waals surface area (Å²) in [5, 5.41) is 3.37. The second-order valence-corrected chi connectivity index (χ2v) is 5.22. The van der Waals surface area contributed by atoms with E-state index in [-0.39, 0.29) is 11.4 Å². The van der Waals surface area contributed by atoms with Gasteiger partial charge in [-0.15, -0.1) is 0 Å². The van der Waals surface area contributed by atoms with Crippen LogP contribution in [0.3, 0.4) is 0 Å². The molecule has 1 atom stereocenters. The highest BCUT2D eigenvalue weighted by molar-refractivity contribution is 7.89. The van der Waals surface area contributed by atoms with Crippen LogP contribution in [-0.2, 0) is 10.1 Å². The Labute approximate surface area is 94.0 Å². The summed E-state index contributed by atoms with van der Waals surface area (Å²) in [5.74, 6) is -0.462. The van der Waals surface area contributed by atoms with Gasteiger partial charge in [-0.05, 0) is 31.4 Å². The topological polar surface area (TPSA) is 103 Å². The molecule has 0 aromatic heterocycles. The van der Waals surface area contributed by atoms with E-state index in [1.165, 1.54) is 0 Å². The zero-order valence-electron chi connectivity index (χ0n) is 9.08. The van der Waals surface area contributed by atoms with Crippen LogP contribution in [0.2, 0.25) is 0 Å². The van der Waals surface area contributed by atoms with E-state index < -0.39 is 16.0 Å². The summed E-state index contributed by atoms with van der Waals surface area (Å²) in [7, 11) is -4.23. The van der Waals surface area contributed by atoms with Gasteiger partial charge in [0.05, 0.1) is 4.91 Å². The third-order valence-corrected chi connectivity index (χ3v) is 3.65. The lowest BCUT2D eigenvalue weighted by atomic mass is 9.91. The molecule has 1 aliphatic carbocycles. The van der Waals surface area contributed by atoms with E-state index in [9.17, 15) is 8.42 Å². The molecule has 1 N–H and O–H groups in total. The molecule has 0 fully saturated rings. The van der Waals surface area contributed by atoms with Gasteiger partial charge in [0, 0.05) is 17.4 Å². The van der Waals surface area contributed by atoms with E-state index in [1.54, 1.807) is 13.0 Å². The summed E-state index contributed by atoms with van der Waals surface area (Å²) in [6, 6.07) is 0. The van der Waals surface area contributed by atoms with Crippen LogP contribution in [0, 0.1) is 5.92 Å². The fourth-order valence-electron chi connectivity index (χ4n) is 2.00. The maximum atomic E-state index is 11.2. The minimum atomic E-state index is -4.23. The van der Waals surface area contributed by atoms with Crippen LogP contribution >= 0.6 is 0 Å². The van der Waals surface area contributed by atoms with Crippen molar-refractivity contribution in [1.82, 2.24) is 0 Å². The molecule has 0 heterocycles. The van der Waals surface area contributed by atoms with Gasteiger partial charge in [-0.25, -0.2) is 0 Å². The molecule has 0 radical (unpaired) electrons. The first-order valence-electron chi connectivity index (χ1n) is 4.72. The summed E-state index contributed by atoms with van der Waals surface area (Å²) in [4.78, 5) is 2.57. The Bertz CT molecular complexity index is 496. The molecule has 0 saturated carbocycles. The predicted molar refractivity (Wildman–Crippen MR) is 60.1 cm³/mol. The minimum Gasteiger partial charge on any atom is -0.282 e. The standard InChI is InChI=1S/C9H13N3O3S/c1-6-3-7(2)9(16(13,14)15)8(4-6)5-11-12-10/h3,8H,4-5H2,1-2H3,(H,13,14,15). The number of hydrogen-bond donors (Lipinski definition) is 1. The van der Waals surface area contributed by atoms with E-state index in [0.29, 0.717) is 12.0 Å². The molecule has 0 aliphatic heterocycles. The first kappa shape index (κ1) is 12.8. The van der Waals surface area contributed by atoms with E-state index in [1.807, 2.05) is 6.92 Å². The molecule has 6 nitrogen and oxygen atoms in total. The Morgan fingerprint density at radius 1 is 1.62 bits per heavy atom. The molecule has 0 saturated heterocycles. The van der Waals surface area contributed by atoms with Gasteiger partial charge in [0.15, 0.2) is 0 Å². The first-order chi connectivity index (χ1) is 7.36. The van der Waals surface area contributed by atoms with Gasteiger partial charge in [0.25, 0.3) is 10.1 Å². The largest absolute Gasteiger partial charge is 0.291 e. The average molecular weight is 243 g/mol. The van der Waals surface area contributed by atoms with E-state index in [2.05, 4.69) is 10.0 Å². The van der Waals surface area contributed by atoms with Crippen molar-refractivity contribution in [3.8, 4) is 0 Å². The Balaban J connectivity index is 3.21. The lowest BCUT2D eigenvalue weighted by molar-refractivity contribution is 0.478. The van der Waals surface area contributed by atoms with Gasteiger partial charge in [0.2, 0.25) is 0 Å². The zero-order valence-corrected chi connectivity index (χ0v) is 9.90. The Hall–Kier alpha value is -1.30. The third kappa shape index (κ3) is 2.85. The molecule has 0 bridgehead atoms. The quantitative estimate of drug-likeness (QED) is 0.356. The van der Waals surface area contributed by atoms with Crippen LogP contribution in [0.5, 0.6) is 0 Å². The van der Waals surface area contributed by atoms with Crippen molar-refractivity contribution in [1.29, 1.82) is 0 Å². The molecule has 0 amide bonds. The fourth-order valence-corrected chi connectivity index (χ4v) is 3.04. The van der Waals surface area contributed by atoms with Crippen LogP contribution in [0.15, 0.2) is 27.2 Å². The van der Waals surface area contributed by atoms with Crippen LogP contribution in [0.25, 0.3) is 10.4 Å². The van der Waals surface area contributed by atoms with Crippen LogP contribution in [-0.4, -0.2) is 19.5 Å². The van der Waals surface area contributed by atoms with E-state index >= 15 is 0 Å². The molecular formula is C9H13N3O3S. The minimum absolute atomic E-state index is 0.0359. The Morgan fingerprint density at radius 3 is 2.75 bits per heavy atom. The molecular weight excluding hydrogens is 230 g/mol. The second kappa shape index (κ2) is 4.69. The van der Waals surface area contributed by atoms with Gasteiger partial charge in [-0.1, -0.05) is 16.8 Å². The molecule has 0 spiro atoms. The van der Waals surface area contributed by atoms with Gasteiger partial charge >= 0.3 is 0 Å². The summed E-state index contributed by atoms with van der Waals surface area (Å²) in [6.45, 7) is 3.52. The first-order valence-corrected chi connectivity index (χ1v) is 6.16. The maximum Gasteiger partial charge on any atom is 0.291 e. The zero-order chi connectivity index (χ0) is 12.3. The van der Waals surface area contributed by atoms with Gasteiger partial charge in [0.1, 0.15) is 0 Å². The summed E-state index contributed by atoms with van der Waals surface area (Å²) in [5.41, 5.74) is 9.74. The molecule has 7 heteroatoms. The number of rotatable bonds is 3. The predicted octanol–water partition coefficient (Wildman–Crippen LogP) is 2.42. The van der Waals surface area contributed by atoms with Crippen molar-refractivity contribution in [2.45, 2.75) is 20.3 Å². The lowest BCUT2D eigenvalue weighted by Gasteiger charge is -2.22. The average Bonchev–Trinajstić information content (AvgIpc) is 2.10. The highest BCUT2D eigenvalue weighted by Gasteiger charge is 2.28. The molecule has 0 aromatic carbocycles. The molecule has 16 heavy (non-hydrogen) atoms. The van der Waals surface area contributed by atoms with Gasteiger partial charge in [-0.2, -0.15) is 8.42 Å². The summed E-state index contributed by atoms with van der Waals surface area (Å²) >= 11 is 0. The van der Waals surface area contributed by atoms with E-state index in [4.69, 9.17) is 10.1 Å². The van der Waals surface area contributed by atoms with Gasteiger partial charge < -0.3 is 0 Å². The second-order valence-electron chi connectivity index (χ2n) is 3.83. The van der Waals surface area contributed by atoms with Crippen molar-refractivity contribution in [2.24, 2.45) is 11.0 Å². The lowest BCUT2D eigenvalue weighted by Crippen LogP contribution is -2.20. The monoisotopic (exact) mass is 243 g/mol. The smallest absolute Gasteiger partial charge is 0.282 e. The van der Waals surface area contributed by atoms with Gasteiger partial charge in [-0.3, -0.25) is 4.55 Å². The summed E-state index contributed by atoms with van der Waals surface area (Å²) in [6.07, 6.45) is 2.20. The molecule has 1 rings (SSSR count). The Morgan fingerprint density at radius 2 is 2.25 bits per heavy atom. The van der Waals surface area contributed by atoms with Crippen LogP contribution < -0.4 is 0 Å². The van der Waals surface area contributed by atoms with Crippen molar-refractivity contribution >= 4 is 10.1 Å². The molecule has 0 aromatic rings. The highest BCUT2D eigenvalue weighted by Crippen LogP contribution is 2.32.